The minimum absolute atomic E-state index is 0.0394. The standard InChI is InChI=1S/C22H25ClN4O3S/c1-14-5-6-15(12-17(14)23)11-16-13-24-20(31-16)25-18(28)7-10-27-19(29)22(26-21(27)30)8-3-2-4-9-22/h5-6,12-13H,2-4,7-11H2,1H3,(H,26,30)(H,24,25,28). The van der Waals surface area contributed by atoms with E-state index >= 15 is 0 Å². The molecule has 2 heterocycles. The summed E-state index contributed by atoms with van der Waals surface area (Å²) in [6.45, 7) is 2.03. The summed E-state index contributed by atoms with van der Waals surface area (Å²) in [5, 5.41) is 6.86. The molecule has 0 bridgehead atoms. The maximum atomic E-state index is 12.8. The number of carbonyl (C=O) groups is 3. The molecule has 9 heteroatoms. The molecular weight excluding hydrogens is 436 g/mol. The number of urea groups is 1. The topological polar surface area (TPSA) is 91.4 Å². The Balaban J connectivity index is 1.30. The second-order valence-electron chi connectivity index (χ2n) is 8.22. The zero-order valence-electron chi connectivity index (χ0n) is 17.4. The van der Waals surface area contributed by atoms with Gasteiger partial charge >= 0.3 is 6.03 Å². The van der Waals surface area contributed by atoms with Crippen molar-refractivity contribution in [2.75, 3.05) is 11.9 Å². The van der Waals surface area contributed by atoms with Gasteiger partial charge in [0.2, 0.25) is 5.91 Å². The van der Waals surface area contributed by atoms with Crippen LogP contribution in [0.15, 0.2) is 24.4 Å². The number of benzene rings is 1. The number of hydrogen-bond acceptors (Lipinski definition) is 5. The van der Waals surface area contributed by atoms with Crippen molar-refractivity contribution in [2.45, 2.75) is 57.4 Å². The first-order chi connectivity index (χ1) is 14.9. The number of aromatic nitrogens is 1. The summed E-state index contributed by atoms with van der Waals surface area (Å²) in [6.07, 6.45) is 6.75. The van der Waals surface area contributed by atoms with Gasteiger partial charge in [-0.1, -0.05) is 43.0 Å². The summed E-state index contributed by atoms with van der Waals surface area (Å²) < 4.78 is 0. The molecular formula is C22H25ClN4O3S. The molecule has 1 aromatic heterocycles. The van der Waals surface area contributed by atoms with Gasteiger partial charge in [-0.3, -0.25) is 14.5 Å². The van der Waals surface area contributed by atoms with E-state index in [1.54, 1.807) is 6.20 Å². The van der Waals surface area contributed by atoms with Crippen LogP contribution in [-0.4, -0.2) is 39.8 Å². The average molecular weight is 461 g/mol. The molecule has 1 spiro atoms. The lowest BCUT2D eigenvalue weighted by Crippen LogP contribution is -2.48. The molecule has 1 saturated heterocycles. The largest absolute Gasteiger partial charge is 0.325 e. The fourth-order valence-corrected chi connectivity index (χ4v) is 5.23. The number of imide groups is 1. The predicted octanol–water partition coefficient (Wildman–Crippen LogP) is 4.28. The number of amides is 4. The Morgan fingerprint density at radius 3 is 2.81 bits per heavy atom. The molecule has 1 saturated carbocycles. The van der Waals surface area contributed by atoms with Crippen molar-refractivity contribution in [1.82, 2.24) is 15.2 Å². The van der Waals surface area contributed by atoms with Crippen LogP contribution in [0.25, 0.3) is 0 Å². The number of halogens is 1. The van der Waals surface area contributed by atoms with Gasteiger partial charge in [0.1, 0.15) is 5.54 Å². The third-order valence-corrected chi connectivity index (χ3v) is 7.25. The molecule has 1 aromatic carbocycles. The van der Waals surface area contributed by atoms with E-state index in [-0.39, 0.29) is 24.8 Å². The number of carbonyl (C=O) groups excluding carboxylic acids is 3. The molecule has 4 amide bonds. The van der Waals surface area contributed by atoms with Crippen LogP contribution in [0.1, 0.15) is 54.5 Å². The number of anilines is 1. The highest BCUT2D eigenvalue weighted by Crippen LogP contribution is 2.33. The van der Waals surface area contributed by atoms with Gasteiger partial charge in [0.15, 0.2) is 5.13 Å². The number of nitrogens with one attached hydrogen (secondary N) is 2. The van der Waals surface area contributed by atoms with Gasteiger partial charge in [0, 0.05) is 35.5 Å². The lowest BCUT2D eigenvalue weighted by Gasteiger charge is -2.30. The Kier molecular flexibility index (Phi) is 6.29. The molecule has 0 atom stereocenters. The summed E-state index contributed by atoms with van der Waals surface area (Å²) in [4.78, 5) is 43.9. The third-order valence-electron chi connectivity index (χ3n) is 5.93. The molecule has 2 aliphatic rings. The van der Waals surface area contributed by atoms with Crippen LogP contribution in [-0.2, 0) is 16.0 Å². The van der Waals surface area contributed by atoms with Gasteiger partial charge in [-0.2, -0.15) is 0 Å². The van der Waals surface area contributed by atoms with Crippen LogP contribution in [0.5, 0.6) is 0 Å². The maximum absolute atomic E-state index is 12.8. The Labute approximate surface area is 190 Å². The highest BCUT2D eigenvalue weighted by Gasteiger charge is 2.51. The molecule has 2 fully saturated rings. The first-order valence-electron chi connectivity index (χ1n) is 10.5. The third kappa shape index (κ3) is 4.75. The zero-order valence-corrected chi connectivity index (χ0v) is 18.9. The van der Waals surface area contributed by atoms with Crippen LogP contribution in [0.2, 0.25) is 5.02 Å². The Morgan fingerprint density at radius 2 is 2.06 bits per heavy atom. The van der Waals surface area contributed by atoms with E-state index in [1.165, 1.54) is 16.2 Å². The van der Waals surface area contributed by atoms with Crippen LogP contribution >= 0.6 is 22.9 Å². The minimum atomic E-state index is -0.755. The van der Waals surface area contributed by atoms with E-state index in [2.05, 4.69) is 15.6 Å². The second-order valence-corrected chi connectivity index (χ2v) is 9.74. The molecule has 7 nitrogen and oxygen atoms in total. The van der Waals surface area contributed by atoms with Crippen molar-refractivity contribution < 1.29 is 14.4 Å². The molecule has 2 N–H and O–H groups in total. The zero-order chi connectivity index (χ0) is 22.0. The maximum Gasteiger partial charge on any atom is 0.325 e. The first-order valence-corrected chi connectivity index (χ1v) is 11.7. The minimum Gasteiger partial charge on any atom is -0.323 e. The normalized spacial score (nSPS) is 17.8. The summed E-state index contributed by atoms with van der Waals surface area (Å²) in [6, 6.07) is 5.55. The Bertz CT molecular complexity index is 1020. The monoisotopic (exact) mass is 460 g/mol. The van der Waals surface area contributed by atoms with Crippen molar-refractivity contribution in [3.05, 3.63) is 45.4 Å². The van der Waals surface area contributed by atoms with Crippen LogP contribution in [0.4, 0.5) is 9.93 Å². The lowest BCUT2D eigenvalue weighted by molar-refractivity contribution is -0.132. The predicted molar refractivity (Wildman–Crippen MR) is 120 cm³/mol. The summed E-state index contributed by atoms with van der Waals surface area (Å²) in [7, 11) is 0. The second kappa shape index (κ2) is 8.96. The smallest absolute Gasteiger partial charge is 0.323 e. The summed E-state index contributed by atoms with van der Waals surface area (Å²) >= 11 is 7.58. The fraction of sp³-hybridized carbons (Fsp3) is 0.455. The van der Waals surface area contributed by atoms with Crippen molar-refractivity contribution in [1.29, 1.82) is 0 Å². The van der Waals surface area contributed by atoms with E-state index in [4.69, 9.17) is 11.6 Å². The first kappa shape index (κ1) is 21.8. The highest BCUT2D eigenvalue weighted by atomic mass is 35.5. The van der Waals surface area contributed by atoms with Gasteiger partial charge in [-0.15, -0.1) is 11.3 Å². The SMILES string of the molecule is Cc1ccc(Cc2cnc(NC(=O)CCN3C(=O)NC4(CCCCC4)C3=O)s2)cc1Cl. The number of rotatable bonds is 6. The highest BCUT2D eigenvalue weighted by molar-refractivity contribution is 7.15. The van der Waals surface area contributed by atoms with E-state index in [0.717, 1.165) is 40.3 Å². The number of thiazole rings is 1. The van der Waals surface area contributed by atoms with Gasteiger partial charge in [0.25, 0.3) is 5.91 Å². The molecule has 4 rings (SSSR count). The number of aryl methyl sites for hydroxylation is 1. The van der Waals surface area contributed by atoms with E-state index in [9.17, 15) is 14.4 Å². The van der Waals surface area contributed by atoms with Gasteiger partial charge in [-0.25, -0.2) is 9.78 Å². The quantitative estimate of drug-likeness (QED) is 0.629. The Morgan fingerprint density at radius 1 is 1.29 bits per heavy atom. The van der Waals surface area contributed by atoms with Crippen LogP contribution in [0, 0.1) is 6.92 Å². The van der Waals surface area contributed by atoms with Crippen molar-refractivity contribution >= 4 is 45.9 Å². The summed E-state index contributed by atoms with van der Waals surface area (Å²) in [5.41, 5.74) is 1.35. The van der Waals surface area contributed by atoms with Crippen LogP contribution < -0.4 is 10.6 Å². The van der Waals surface area contributed by atoms with E-state index in [0.29, 0.717) is 24.4 Å². The molecule has 0 unspecified atom stereocenters. The molecule has 1 aliphatic carbocycles. The van der Waals surface area contributed by atoms with Crippen molar-refractivity contribution in [2.24, 2.45) is 0 Å². The number of nitrogens with zero attached hydrogens (tertiary/aromatic N) is 2. The van der Waals surface area contributed by atoms with Gasteiger partial charge in [-0.05, 0) is 37.0 Å². The van der Waals surface area contributed by atoms with E-state index < -0.39 is 11.6 Å². The molecule has 0 radical (unpaired) electrons. The molecule has 31 heavy (non-hydrogen) atoms. The molecule has 164 valence electrons. The lowest BCUT2D eigenvalue weighted by atomic mass is 9.82. The Hall–Kier alpha value is -2.45. The summed E-state index contributed by atoms with van der Waals surface area (Å²) in [5.74, 6) is -0.470. The van der Waals surface area contributed by atoms with E-state index in [1.807, 2.05) is 25.1 Å². The number of hydrogen-bond donors (Lipinski definition) is 2. The van der Waals surface area contributed by atoms with Gasteiger partial charge in [0.05, 0.1) is 0 Å². The van der Waals surface area contributed by atoms with Crippen molar-refractivity contribution in [3.8, 4) is 0 Å². The fourth-order valence-electron chi connectivity index (χ4n) is 4.16. The van der Waals surface area contributed by atoms with Crippen LogP contribution in [0.3, 0.4) is 0 Å². The molecule has 2 aromatic rings. The molecule has 1 aliphatic heterocycles. The average Bonchev–Trinajstić information content (AvgIpc) is 3.26. The van der Waals surface area contributed by atoms with Crippen molar-refractivity contribution in [3.63, 3.8) is 0 Å². The van der Waals surface area contributed by atoms with Gasteiger partial charge < -0.3 is 10.6 Å².